The van der Waals surface area contributed by atoms with Gasteiger partial charge < -0.3 is 30.3 Å². The van der Waals surface area contributed by atoms with Crippen LogP contribution in [0.25, 0.3) is 11.3 Å². The molecule has 5 rings (SSSR count). The minimum atomic E-state index is -0.900. The Labute approximate surface area is 253 Å². The maximum Gasteiger partial charge on any atom is 0.255 e. The molecule has 0 bridgehead atoms. The average Bonchev–Trinajstić information content (AvgIpc) is 3.33. The van der Waals surface area contributed by atoms with Crippen LogP contribution in [-0.2, 0) is 16.1 Å². The second kappa shape index (κ2) is 12.5. The van der Waals surface area contributed by atoms with E-state index >= 15 is 0 Å². The zero-order valence-corrected chi connectivity index (χ0v) is 24.7. The molecule has 1 fully saturated rings. The number of amides is 3. The number of aliphatic hydroxyl groups excluding tert-OH is 1. The van der Waals surface area contributed by atoms with Crippen LogP contribution in [0.5, 0.6) is 5.75 Å². The van der Waals surface area contributed by atoms with Crippen LogP contribution in [0.15, 0.2) is 42.6 Å². The second-order valence-electron chi connectivity index (χ2n) is 10.7. The first-order valence-electron chi connectivity index (χ1n) is 13.8. The molecule has 0 radical (unpaired) electrons. The van der Waals surface area contributed by atoms with Crippen molar-refractivity contribution in [1.82, 2.24) is 25.1 Å². The summed E-state index contributed by atoms with van der Waals surface area (Å²) in [7, 11) is 3.15. The predicted molar refractivity (Wildman–Crippen MR) is 157 cm³/mol. The number of anilines is 1. The Kier molecular flexibility index (Phi) is 8.79. The summed E-state index contributed by atoms with van der Waals surface area (Å²) in [5.41, 5.74) is 2.54. The first-order valence-corrected chi connectivity index (χ1v) is 14.2. The van der Waals surface area contributed by atoms with E-state index in [0.29, 0.717) is 52.7 Å². The average molecular weight is 611 g/mol. The first kappa shape index (κ1) is 30.2. The fourth-order valence-electron chi connectivity index (χ4n) is 5.31. The summed E-state index contributed by atoms with van der Waals surface area (Å²) >= 11 is 6.46. The standard InChI is InChI=1S/C30H32ClFN6O5/c1-16(28(41)35-25(15-39)19-8-20(32)11-22(9-19)43-3)38-13-18-5-4-17(10-23(18)29(38)42)27-24(31)12-33-30(36-27)34-21-6-7-26(40)37(2)14-21/h4-5,8-12,16,21,25,39H,6-7,13-15H2,1-3H3,(H,35,41)(H,33,34,36)/t16?,21-,25?/m0/s1. The molecule has 3 amide bonds. The van der Waals surface area contributed by atoms with Crippen molar-refractivity contribution in [1.29, 1.82) is 0 Å². The normalized spacial score (nSPS) is 17.9. The van der Waals surface area contributed by atoms with Crippen molar-refractivity contribution in [2.45, 2.75) is 44.4 Å². The van der Waals surface area contributed by atoms with Gasteiger partial charge in [0.25, 0.3) is 5.91 Å². The molecule has 3 N–H and O–H groups in total. The van der Waals surface area contributed by atoms with Gasteiger partial charge in [0.15, 0.2) is 0 Å². The van der Waals surface area contributed by atoms with Gasteiger partial charge in [-0.3, -0.25) is 14.4 Å². The lowest BCUT2D eigenvalue weighted by atomic mass is 10.0. The number of hydrogen-bond donors (Lipinski definition) is 3. The number of nitrogens with zero attached hydrogens (tertiary/aromatic N) is 4. The Morgan fingerprint density at radius 1 is 1.26 bits per heavy atom. The van der Waals surface area contributed by atoms with Crippen LogP contribution < -0.4 is 15.4 Å². The van der Waals surface area contributed by atoms with Crippen LogP contribution in [0.1, 0.15) is 47.3 Å². The zero-order valence-electron chi connectivity index (χ0n) is 23.9. The van der Waals surface area contributed by atoms with Gasteiger partial charge in [0.1, 0.15) is 17.6 Å². The van der Waals surface area contributed by atoms with Gasteiger partial charge in [-0.25, -0.2) is 14.4 Å². The van der Waals surface area contributed by atoms with E-state index in [4.69, 9.17) is 16.3 Å². The number of methoxy groups -OCH3 is 1. The number of piperidine rings is 1. The highest BCUT2D eigenvalue weighted by molar-refractivity contribution is 6.33. The number of halogens is 2. The maximum absolute atomic E-state index is 14.0. The number of likely N-dealkylation sites (N-methyl/N-ethyl adjacent to an activating group) is 1. The van der Waals surface area contributed by atoms with E-state index < -0.39 is 30.4 Å². The number of aromatic nitrogens is 2. The van der Waals surface area contributed by atoms with Crippen LogP contribution in [0, 0.1) is 5.82 Å². The number of carbonyl (C=O) groups is 3. The summed E-state index contributed by atoms with van der Waals surface area (Å²) in [5.74, 6) is -0.707. The predicted octanol–water partition coefficient (Wildman–Crippen LogP) is 3.17. The Morgan fingerprint density at radius 3 is 2.77 bits per heavy atom. The molecule has 226 valence electrons. The van der Waals surface area contributed by atoms with Crippen LogP contribution in [0.4, 0.5) is 10.3 Å². The molecular formula is C30H32ClFN6O5. The van der Waals surface area contributed by atoms with Crippen LogP contribution in [0.3, 0.4) is 0 Å². The minimum absolute atomic E-state index is 0.00658. The Balaban J connectivity index is 1.30. The number of benzene rings is 2. The molecule has 0 aliphatic carbocycles. The van der Waals surface area contributed by atoms with Gasteiger partial charge in [-0.1, -0.05) is 23.7 Å². The number of rotatable bonds is 9. The lowest BCUT2D eigenvalue weighted by Gasteiger charge is -2.30. The van der Waals surface area contributed by atoms with Crippen LogP contribution in [-0.4, -0.2) is 82.0 Å². The fourth-order valence-corrected chi connectivity index (χ4v) is 5.51. The highest BCUT2D eigenvalue weighted by Gasteiger charge is 2.35. The number of nitrogens with one attached hydrogen (secondary N) is 2. The van der Waals surface area contributed by atoms with Gasteiger partial charge in [-0.15, -0.1) is 0 Å². The van der Waals surface area contributed by atoms with E-state index in [2.05, 4.69) is 20.6 Å². The fraction of sp³-hybridized carbons (Fsp3) is 0.367. The molecule has 2 aromatic carbocycles. The molecule has 2 aliphatic heterocycles. The van der Waals surface area contributed by atoms with Crippen molar-refractivity contribution in [3.63, 3.8) is 0 Å². The molecule has 3 aromatic rings. The van der Waals surface area contributed by atoms with E-state index in [-0.39, 0.29) is 30.2 Å². The molecular weight excluding hydrogens is 579 g/mol. The topological polar surface area (TPSA) is 137 Å². The minimum Gasteiger partial charge on any atom is -0.497 e. The number of ether oxygens (including phenoxy) is 1. The summed E-state index contributed by atoms with van der Waals surface area (Å²) < 4.78 is 19.1. The number of fused-ring (bicyclic) bond motifs is 1. The third kappa shape index (κ3) is 6.40. The van der Waals surface area contributed by atoms with Gasteiger partial charge >= 0.3 is 0 Å². The third-order valence-electron chi connectivity index (χ3n) is 7.80. The summed E-state index contributed by atoms with van der Waals surface area (Å²) in [6, 6.07) is 7.45. The van der Waals surface area contributed by atoms with Gasteiger partial charge in [0.2, 0.25) is 17.8 Å². The van der Waals surface area contributed by atoms with E-state index in [1.807, 2.05) is 6.07 Å². The number of carbonyl (C=O) groups excluding carboxylic acids is 3. The number of hydrogen-bond acceptors (Lipinski definition) is 8. The molecule has 0 saturated carbocycles. The third-order valence-corrected chi connectivity index (χ3v) is 8.07. The molecule has 11 nitrogen and oxygen atoms in total. The van der Waals surface area contributed by atoms with Gasteiger partial charge in [-0.05, 0) is 42.7 Å². The quantitative estimate of drug-likeness (QED) is 0.336. The number of likely N-dealkylation sites (tertiary alicyclic amines) is 1. The highest BCUT2D eigenvalue weighted by atomic mass is 35.5. The molecule has 1 saturated heterocycles. The summed E-state index contributed by atoms with van der Waals surface area (Å²) in [5, 5.41) is 16.2. The SMILES string of the molecule is COc1cc(F)cc(C(CO)NC(=O)C(C)N2Cc3ccc(-c4nc(N[C@H]5CCC(=O)N(C)C5)ncc4Cl)cc3C2=O)c1. The van der Waals surface area contributed by atoms with Crippen molar-refractivity contribution < 1.29 is 28.6 Å². The summed E-state index contributed by atoms with van der Waals surface area (Å²) in [4.78, 5) is 50.5. The Morgan fingerprint density at radius 2 is 2.05 bits per heavy atom. The van der Waals surface area contributed by atoms with Crippen molar-refractivity contribution in [3.05, 3.63) is 70.1 Å². The first-order chi connectivity index (χ1) is 20.6. The van der Waals surface area contributed by atoms with E-state index in [1.54, 1.807) is 31.0 Å². The van der Waals surface area contributed by atoms with Crippen LogP contribution >= 0.6 is 11.6 Å². The van der Waals surface area contributed by atoms with Gasteiger partial charge in [0, 0.05) is 49.8 Å². The van der Waals surface area contributed by atoms with Gasteiger partial charge in [-0.2, -0.15) is 0 Å². The second-order valence-corrected chi connectivity index (χ2v) is 11.1. The molecule has 13 heteroatoms. The lowest BCUT2D eigenvalue weighted by Crippen LogP contribution is -2.46. The van der Waals surface area contributed by atoms with Crippen molar-refractivity contribution in [3.8, 4) is 17.0 Å². The smallest absolute Gasteiger partial charge is 0.255 e. The molecule has 43 heavy (non-hydrogen) atoms. The maximum atomic E-state index is 14.0. The molecule has 3 atom stereocenters. The molecule has 1 aromatic heterocycles. The molecule has 2 aliphatic rings. The molecule has 0 spiro atoms. The van der Waals surface area contributed by atoms with Gasteiger partial charge in [0.05, 0.1) is 36.7 Å². The monoisotopic (exact) mass is 610 g/mol. The van der Waals surface area contributed by atoms with Crippen LogP contribution in [0.2, 0.25) is 5.02 Å². The molecule has 2 unspecified atom stereocenters. The largest absolute Gasteiger partial charge is 0.497 e. The van der Waals surface area contributed by atoms with Crippen molar-refractivity contribution in [2.24, 2.45) is 0 Å². The van der Waals surface area contributed by atoms with Crippen molar-refractivity contribution in [2.75, 3.05) is 32.6 Å². The van der Waals surface area contributed by atoms with E-state index in [9.17, 15) is 23.9 Å². The summed E-state index contributed by atoms with van der Waals surface area (Å²) in [6.45, 7) is 1.86. The number of aliphatic hydroxyl groups is 1. The lowest BCUT2D eigenvalue weighted by molar-refractivity contribution is -0.132. The zero-order chi connectivity index (χ0) is 30.8. The molecule has 3 heterocycles. The Bertz CT molecular complexity index is 1570. The summed E-state index contributed by atoms with van der Waals surface area (Å²) in [6.07, 6.45) is 2.59. The Hall–Kier alpha value is -4.29. The van der Waals surface area contributed by atoms with E-state index in [0.717, 1.165) is 5.56 Å². The van der Waals surface area contributed by atoms with E-state index in [1.165, 1.54) is 36.4 Å². The highest BCUT2D eigenvalue weighted by Crippen LogP contribution is 2.33. The van der Waals surface area contributed by atoms with Crippen molar-refractivity contribution >= 4 is 35.3 Å².